The third kappa shape index (κ3) is 5.59. The topological polar surface area (TPSA) is 79.5 Å². The van der Waals surface area contributed by atoms with Crippen molar-refractivity contribution in [3.05, 3.63) is 50.6 Å². The zero-order valence-electron chi connectivity index (χ0n) is 12.6. The van der Waals surface area contributed by atoms with E-state index >= 15 is 0 Å². The van der Waals surface area contributed by atoms with E-state index in [9.17, 15) is 9.59 Å². The molecule has 2 amide bonds. The van der Waals surface area contributed by atoms with Gasteiger partial charge < -0.3 is 4.74 Å². The summed E-state index contributed by atoms with van der Waals surface area (Å²) in [5.41, 5.74) is 5.86. The smallest absolute Gasteiger partial charge is 0.279 e. The molecule has 2 aromatic rings. The molecule has 0 fully saturated rings. The number of rotatable bonds is 4. The molecule has 0 aliphatic heterocycles. The Morgan fingerprint density at radius 2 is 2.08 bits per heavy atom. The van der Waals surface area contributed by atoms with Gasteiger partial charge in [-0.1, -0.05) is 22.0 Å². The van der Waals surface area contributed by atoms with Crippen molar-refractivity contribution in [2.45, 2.75) is 6.92 Å². The molecular formula is C15H14BrN3O3S2. The van der Waals surface area contributed by atoms with E-state index in [1.54, 1.807) is 23.6 Å². The molecule has 0 spiro atoms. The van der Waals surface area contributed by atoms with Gasteiger partial charge in [0.15, 0.2) is 11.7 Å². The SMILES string of the molecule is Cc1cc(OCC(=O)NC(=S)NNC(=O)c2cccs2)ccc1Br. The van der Waals surface area contributed by atoms with Gasteiger partial charge in [-0.25, -0.2) is 0 Å². The van der Waals surface area contributed by atoms with E-state index < -0.39 is 5.91 Å². The lowest BCUT2D eigenvalue weighted by Gasteiger charge is -2.11. The minimum absolute atomic E-state index is 0.0134. The molecule has 2 rings (SSSR count). The number of halogens is 1. The van der Waals surface area contributed by atoms with Crippen molar-refractivity contribution in [2.24, 2.45) is 0 Å². The number of benzene rings is 1. The zero-order chi connectivity index (χ0) is 17.5. The van der Waals surface area contributed by atoms with Crippen molar-refractivity contribution < 1.29 is 14.3 Å². The van der Waals surface area contributed by atoms with E-state index in [-0.39, 0.29) is 17.6 Å². The van der Waals surface area contributed by atoms with Gasteiger partial charge in [-0.05, 0) is 54.4 Å². The molecule has 24 heavy (non-hydrogen) atoms. The molecule has 0 aliphatic carbocycles. The molecule has 9 heteroatoms. The Labute approximate surface area is 156 Å². The van der Waals surface area contributed by atoms with Crippen molar-refractivity contribution in [1.29, 1.82) is 0 Å². The first-order valence-electron chi connectivity index (χ1n) is 6.78. The maximum Gasteiger partial charge on any atom is 0.279 e. The number of thiocarbonyl (C=S) groups is 1. The van der Waals surface area contributed by atoms with Crippen LogP contribution in [0.15, 0.2) is 40.2 Å². The molecule has 0 bridgehead atoms. The molecule has 0 saturated heterocycles. The molecule has 0 atom stereocenters. The first-order valence-corrected chi connectivity index (χ1v) is 8.86. The quantitative estimate of drug-likeness (QED) is 0.515. The van der Waals surface area contributed by atoms with Crippen LogP contribution in [0.1, 0.15) is 15.2 Å². The normalized spacial score (nSPS) is 9.92. The Bertz CT molecular complexity index is 750. The molecule has 0 radical (unpaired) electrons. The number of hydrogen-bond acceptors (Lipinski definition) is 5. The first kappa shape index (κ1) is 18.4. The first-order chi connectivity index (χ1) is 11.5. The van der Waals surface area contributed by atoms with Crippen molar-refractivity contribution in [3.8, 4) is 5.75 Å². The van der Waals surface area contributed by atoms with Crippen LogP contribution in [0.5, 0.6) is 5.75 Å². The lowest BCUT2D eigenvalue weighted by molar-refractivity contribution is -0.121. The average molecular weight is 428 g/mol. The summed E-state index contributed by atoms with van der Waals surface area (Å²) in [7, 11) is 0. The highest BCUT2D eigenvalue weighted by Gasteiger charge is 2.09. The number of ether oxygens (including phenoxy) is 1. The van der Waals surface area contributed by atoms with Gasteiger partial charge in [0.25, 0.3) is 11.8 Å². The molecule has 3 N–H and O–H groups in total. The van der Waals surface area contributed by atoms with Crippen LogP contribution in [0, 0.1) is 6.92 Å². The molecule has 1 aromatic heterocycles. The highest BCUT2D eigenvalue weighted by Crippen LogP contribution is 2.21. The second kappa shape index (κ2) is 8.76. The predicted molar refractivity (Wildman–Crippen MR) is 100 cm³/mol. The lowest BCUT2D eigenvalue weighted by Crippen LogP contribution is -2.49. The highest BCUT2D eigenvalue weighted by atomic mass is 79.9. The summed E-state index contributed by atoms with van der Waals surface area (Å²) in [4.78, 5) is 24.0. The zero-order valence-corrected chi connectivity index (χ0v) is 15.8. The standard InChI is InChI=1S/C15H14BrN3O3S2/c1-9-7-10(4-5-11(9)16)22-8-13(20)17-15(23)19-18-14(21)12-3-2-6-24-12/h2-7H,8H2,1H3,(H,18,21)(H2,17,19,20,23). The van der Waals surface area contributed by atoms with Crippen molar-refractivity contribution in [3.63, 3.8) is 0 Å². The number of nitrogens with one attached hydrogen (secondary N) is 3. The number of carbonyl (C=O) groups excluding carboxylic acids is 2. The number of hydrogen-bond donors (Lipinski definition) is 3. The lowest BCUT2D eigenvalue weighted by atomic mass is 10.2. The van der Waals surface area contributed by atoms with Crippen LogP contribution in [0.3, 0.4) is 0 Å². The fourth-order valence-corrected chi connectivity index (χ4v) is 2.66. The van der Waals surface area contributed by atoms with Crippen LogP contribution >= 0.6 is 39.5 Å². The summed E-state index contributed by atoms with van der Waals surface area (Å²) >= 11 is 9.62. The van der Waals surface area contributed by atoms with E-state index in [4.69, 9.17) is 17.0 Å². The number of hydrazine groups is 1. The monoisotopic (exact) mass is 427 g/mol. The molecule has 0 aliphatic rings. The summed E-state index contributed by atoms with van der Waals surface area (Å²) in [6.45, 7) is 1.73. The molecule has 0 unspecified atom stereocenters. The van der Waals surface area contributed by atoms with E-state index in [2.05, 4.69) is 32.1 Å². The second-order valence-electron chi connectivity index (χ2n) is 4.63. The van der Waals surface area contributed by atoms with Crippen LogP contribution in [0.4, 0.5) is 0 Å². The van der Waals surface area contributed by atoms with Gasteiger partial charge in [0.2, 0.25) is 0 Å². The van der Waals surface area contributed by atoms with Crippen LogP contribution in [-0.2, 0) is 4.79 Å². The minimum Gasteiger partial charge on any atom is -0.484 e. The van der Waals surface area contributed by atoms with Gasteiger partial charge in [-0.3, -0.25) is 25.8 Å². The van der Waals surface area contributed by atoms with Crippen LogP contribution in [-0.4, -0.2) is 23.5 Å². The van der Waals surface area contributed by atoms with Gasteiger partial charge in [-0.15, -0.1) is 11.3 Å². The Morgan fingerprint density at radius 3 is 2.75 bits per heavy atom. The average Bonchev–Trinajstić information content (AvgIpc) is 3.08. The van der Waals surface area contributed by atoms with Gasteiger partial charge in [0.1, 0.15) is 5.75 Å². The summed E-state index contributed by atoms with van der Waals surface area (Å²) in [5, 5.41) is 4.19. The molecular weight excluding hydrogens is 414 g/mol. The number of thiophene rings is 1. The summed E-state index contributed by atoms with van der Waals surface area (Å²) in [5.74, 6) is -0.183. The Morgan fingerprint density at radius 1 is 1.29 bits per heavy atom. The van der Waals surface area contributed by atoms with Gasteiger partial charge >= 0.3 is 0 Å². The summed E-state index contributed by atoms with van der Waals surface area (Å²) in [6, 6.07) is 8.85. The number of amides is 2. The summed E-state index contributed by atoms with van der Waals surface area (Å²) in [6.07, 6.45) is 0. The minimum atomic E-state index is -0.432. The third-order valence-electron chi connectivity index (χ3n) is 2.79. The fraction of sp³-hybridized carbons (Fsp3) is 0.133. The van der Waals surface area contributed by atoms with E-state index in [1.165, 1.54) is 11.3 Å². The predicted octanol–water partition coefficient (Wildman–Crippen LogP) is 2.53. The fourth-order valence-electron chi connectivity index (χ4n) is 1.63. The van der Waals surface area contributed by atoms with E-state index in [1.807, 2.05) is 19.1 Å². The molecule has 0 saturated carbocycles. The third-order valence-corrected chi connectivity index (χ3v) is 4.75. The van der Waals surface area contributed by atoms with Crippen LogP contribution < -0.4 is 20.9 Å². The van der Waals surface area contributed by atoms with Crippen molar-refractivity contribution >= 4 is 56.4 Å². The summed E-state index contributed by atoms with van der Waals surface area (Å²) < 4.78 is 6.35. The van der Waals surface area contributed by atoms with Crippen LogP contribution in [0.2, 0.25) is 0 Å². The van der Waals surface area contributed by atoms with Gasteiger partial charge in [-0.2, -0.15) is 0 Å². The molecule has 1 heterocycles. The Hall–Kier alpha value is -1.97. The Kier molecular flexibility index (Phi) is 6.71. The van der Waals surface area contributed by atoms with Gasteiger partial charge in [0.05, 0.1) is 4.88 Å². The largest absolute Gasteiger partial charge is 0.484 e. The highest BCUT2D eigenvalue weighted by molar-refractivity contribution is 9.10. The Balaban J connectivity index is 1.72. The van der Waals surface area contributed by atoms with E-state index in [0.29, 0.717) is 10.6 Å². The number of carbonyl (C=O) groups is 2. The maximum absolute atomic E-state index is 11.8. The molecule has 6 nitrogen and oxygen atoms in total. The van der Waals surface area contributed by atoms with Crippen LogP contribution in [0.25, 0.3) is 0 Å². The maximum atomic E-state index is 11.8. The molecule has 126 valence electrons. The van der Waals surface area contributed by atoms with Crippen molar-refractivity contribution in [2.75, 3.05) is 6.61 Å². The number of aryl methyl sites for hydroxylation is 1. The van der Waals surface area contributed by atoms with Crippen molar-refractivity contribution in [1.82, 2.24) is 16.2 Å². The van der Waals surface area contributed by atoms with Gasteiger partial charge in [0, 0.05) is 4.47 Å². The van der Waals surface area contributed by atoms with E-state index in [0.717, 1.165) is 10.0 Å². The second-order valence-corrected chi connectivity index (χ2v) is 6.84. The molecule has 1 aromatic carbocycles.